The first kappa shape index (κ1) is 13.4. The van der Waals surface area contributed by atoms with Gasteiger partial charge in [0.15, 0.2) is 0 Å². The summed E-state index contributed by atoms with van der Waals surface area (Å²) in [6, 6.07) is 6.53. The molecule has 0 saturated heterocycles. The third-order valence-corrected chi connectivity index (χ3v) is 4.62. The number of nitrogens with one attached hydrogen (secondary N) is 1. The lowest BCUT2D eigenvalue weighted by Crippen LogP contribution is -2.37. The minimum absolute atomic E-state index is 0.322. The number of hydrogen-bond donors (Lipinski definition) is 1. The molecule has 4 heteroatoms. The fourth-order valence-electron chi connectivity index (χ4n) is 2.37. The van der Waals surface area contributed by atoms with Crippen LogP contribution >= 0.6 is 31.9 Å². The van der Waals surface area contributed by atoms with Crippen LogP contribution in [-0.2, 0) is 4.74 Å². The van der Waals surface area contributed by atoms with Crippen molar-refractivity contribution in [1.29, 1.82) is 0 Å². The Balaban J connectivity index is 2.13. The van der Waals surface area contributed by atoms with Crippen molar-refractivity contribution in [2.24, 2.45) is 0 Å². The van der Waals surface area contributed by atoms with E-state index >= 15 is 0 Å². The van der Waals surface area contributed by atoms with Crippen LogP contribution in [0.5, 0.6) is 0 Å². The summed E-state index contributed by atoms with van der Waals surface area (Å²) in [5.41, 5.74) is 1.13. The minimum Gasteiger partial charge on any atom is -0.379 e. The molecule has 0 spiro atoms. The van der Waals surface area contributed by atoms with E-state index in [1.807, 2.05) is 6.07 Å². The van der Waals surface area contributed by atoms with Crippen molar-refractivity contribution in [3.05, 3.63) is 27.1 Å². The second kappa shape index (κ2) is 6.21. The van der Waals surface area contributed by atoms with Gasteiger partial charge < -0.3 is 10.1 Å². The van der Waals surface area contributed by atoms with E-state index < -0.39 is 0 Å². The van der Waals surface area contributed by atoms with E-state index in [9.17, 15) is 0 Å². The van der Waals surface area contributed by atoms with E-state index in [4.69, 9.17) is 4.74 Å². The monoisotopic (exact) mass is 361 g/mol. The van der Waals surface area contributed by atoms with Gasteiger partial charge in [-0.05, 0) is 56.8 Å². The lowest BCUT2D eigenvalue weighted by Gasteiger charge is -2.32. The molecule has 94 valence electrons. The van der Waals surface area contributed by atoms with E-state index in [2.05, 4.69) is 49.3 Å². The highest BCUT2D eigenvalue weighted by Gasteiger charge is 2.25. The van der Waals surface area contributed by atoms with E-state index in [1.165, 1.54) is 19.3 Å². The largest absolute Gasteiger partial charge is 0.379 e. The lowest BCUT2D eigenvalue weighted by atomic mass is 9.92. The molecule has 0 aromatic heterocycles. The highest BCUT2D eigenvalue weighted by Crippen LogP contribution is 2.33. The molecule has 1 fully saturated rings. The van der Waals surface area contributed by atoms with E-state index in [0.29, 0.717) is 12.1 Å². The van der Waals surface area contributed by atoms with Gasteiger partial charge in [-0.25, -0.2) is 0 Å². The van der Waals surface area contributed by atoms with Crippen molar-refractivity contribution >= 4 is 37.5 Å². The Morgan fingerprint density at radius 2 is 1.82 bits per heavy atom. The molecule has 0 bridgehead atoms. The Kier molecular flexibility index (Phi) is 4.88. The Labute approximate surface area is 119 Å². The molecule has 0 amide bonds. The summed E-state index contributed by atoms with van der Waals surface area (Å²) in [6.07, 6.45) is 5.19. The third-order valence-electron chi connectivity index (χ3n) is 3.30. The standard InChI is InChI=1S/C13H17Br2NO/c1-17-12-8-3-2-7-11(12)16-13-9(14)5-4-6-10(13)15/h4-6,11-12,16H,2-3,7-8H2,1H3. The maximum absolute atomic E-state index is 5.56. The molecule has 2 nitrogen and oxygen atoms in total. The zero-order chi connectivity index (χ0) is 12.3. The van der Waals surface area contributed by atoms with Crippen LogP contribution in [0.1, 0.15) is 25.7 Å². The summed E-state index contributed by atoms with van der Waals surface area (Å²) < 4.78 is 7.74. The molecule has 0 aliphatic heterocycles. The molecule has 1 aromatic rings. The molecule has 17 heavy (non-hydrogen) atoms. The molecular weight excluding hydrogens is 346 g/mol. The van der Waals surface area contributed by atoms with Crippen molar-refractivity contribution in [1.82, 2.24) is 0 Å². The Morgan fingerprint density at radius 1 is 1.18 bits per heavy atom. The fourth-order valence-corrected chi connectivity index (χ4v) is 3.59. The number of anilines is 1. The van der Waals surface area contributed by atoms with E-state index in [-0.39, 0.29) is 0 Å². The number of para-hydroxylation sites is 1. The summed E-state index contributed by atoms with van der Waals surface area (Å²) in [7, 11) is 1.81. The molecule has 1 saturated carbocycles. The van der Waals surface area contributed by atoms with Crippen LogP contribution in [0.3, 0.4) is 0 Å². The van der Waals surface area contributed by atoms with Crippen LogP contribution in [-0.4, -0.2) is 19.3 Å². The third kappa shape index (κ3) is 3.24. The van der Waals surface area contributed by atoms with Crippen molar-refractivity contribution in [2.75, 3.05) is 12.4 Å². The second-order valence-electron chi connectivity index (χ2n) is 4.41. The Morgan fingerprint density at radius 3 is 2.47 bits per heavy atom. The fraction of sp³-hybridized carbons (Fsp3) is 0.538. The molecule has 2 unspecified atom stereocenters. The summed E-state index contributed by atoms with van der Waals surface area (Å²) in [5.74, 6) is 0. The van der Waals surface area contributed by atoms with Gasteiger partial charge in [0.05, 0.1) is 17.8 Å². The maximum atomic E-state index is 5.56. The van der Waals surface area contributed by atoms with Crippen LogP contribution in [0.25, 0.3) is 0 Å². The quantitative estimate of drug-likeness (QED) is 0.849. The summed E-state index contributed by atoms with van der Waals surface area (Å²) in [5, 5.41) is 3.60. The topological polar surface area (TPSA) is 21.3 Å². The number of benzene rings is 1. The van der Waals surface area contributed by atoms with Crippen molar-refractivity contribution in [2.45, 2.75) is 37.8 Å². The summed E-state index contributed by atoms with van der Waals surface area (Å²) >= 11 is 7.16. The number of hydrogen-bond acceptors (Lipinski definition) is 2. The predicted octanol–water partition coefficient (Wildman–Crippen LogP) is 4.58. The van der Waals surface area contributed by atoms with Crippen LogP contribution in [0.15, 0.2) is 27.1 Å². The first-order valence-electron chi connectivity index (χ1n) is 5.95. The molecule has 1 N–H and O–H groups in total. The first-order valence-corrected chi connectivity index (χ1v) is 7.54. The Bertz CT molecular complexity index is 363. The van der Waals surface area contributed by atoms with Crippen molar-refractivity contribution in [3.8, 4) is 0 Å². The van der Waals surface area contributed by atoms with E-state index in [0.717, 1.165) is 21.1 Å². The van der Waals surface area contributed by atoms with Crippen molar-refractivity contribution in [3.63, 3.8) is 0 Å². The van der Waals surface area contributed by atoms with Gasteiger partial charge in [-0.3, -0.25) is 0 Å². The molecule has 0 heterocycles. The molecule has 2 atom stereocenters. The molecule has 1 aliphatic carbocycles. The smallest absolute Gasteiger partial charge is 0.0772 e. The summed E-state index contributed by atoms with van der Waals surface area (Å²) in [6.45, 7) is 0. The zero-order valence-electron chi connectivity index (χ0n) is 9.88. The molecule has 2 rings (SSSR count). The van der Waals surface area contributed by atoms with Crippen molar-refractivity contribution < 1.29 is 4.74 Å². The Hall–Kier alpha value is -0.0600. The average Bonchev–Trinajstić information content (AvgIpc) is 2.34. The minimum atomic E-state index is 0.322. The van der Waals surface area contributed by atoms with Gasteiger partial charge in [0, 0.05) is 16.1 Å². The number of halogens is 2. The van der Waals surface area contributed by atoms with Gasteiger partial charge in [0.1, 0.15) is 0 Å². The SMILES string of the molecule is COC1CCCCC1Nc1c(Br)cccc1Br. The first-order chi connectivity index (χ1) is 8.22. The summed E-state index contributed by atoms with van der Waals surface area (Å²) in [4.78, 5) is 0. The van der Waals surface area contributed by atoms with Crippen LogP contribution in [0.4, 0.5) is 5.69 Å². The van der Waals surface area contributed by atoms with Crippen LogP contribution in [0, 0.1) is 0 Å². The van der Waals surface area contributed by atoms with Gasteiger partial charge >= 0.3 is 0 Å². The molecule has 1 aliphatic rings. The van der Waals surface area contributed by atoms with Gasteiger partial charge in [-0.2, -0.15) is 0 Å². The van der Waals surface area contributed by atoms with Gasteiger partial charge in [-0.15, -0.1) is 0 Å². The predicted molar refractivity (Wildman–Crippen MR) is 78.5 cm³/mol. The normalized spacial score (nSPS) is 24.6. The van der Waals surface area contributed by atoms with Gasteiger partial charge in [0.2, 0.25) is 0 Å². The van der Waals surface area contributed by atoms with E-state index in [1.54, 1.807) is 7.11 Å². The van der Waals surface area contributed by atoms with Crippen LogP contribution in [0.2, 0.25) is 0 Å². The van der Waals surface area contributed by atoms with Gasteiger partial charge in [-0.1, -0.05) is 18.9 Å². The second-order valence-corrected chi connectivity index (χ2v) is 6.11. The van der Waals surface area contributed by atoms with Gasteiger partial charge in [0.25, 0.3) is 0 Å². The number of ether oxygens (including phenoxy) is 1. The van der Waals surface area contributed by atoms with Crippen LogP contribution < -0.4 is 5.32 Å². The molecule has 1 aromatic carbocycles. The lowest BCUT2D eigenvalue weighted by molar-refractivity contribution is 0.0606. The molecular formula is C13H17Br2NO. The number of rotatable bonds is 3. The molecule has 0 radical (unpaired) electrons. The highest BCUT2D eigenvalue weighted by molar-refractivity contribution is 9.11. The maximum Gasteiger partial charge on any atom is 0.0772 e. The number of methoxy groups -OCH3 is 1. The highest BCUT2D eigenvalue weighted by atomic mass is 79.9. The zero-order valence-corrected chi connectivity index (χ0v) is 13.1. The average molecular weight is 363 g/mol.